The van der Waals surface area contributed by atoms with E-state index in [1.54, 1.807) is 17.5 Å². The Balaban J connectivity index is 1.27. The topological polar surface area (TPSA) is 72.7 Å². The van der Waals surface area contributed by atoms with E-state index in [0.29, 0.717) is 24.4 Å². The van der Waals surface area contributed by atoms with Gasteiger partial charge in [0.25, 0.3) is 5.91 Å². The van der Waals surface area contributed by atoms with Crippen molar-refractivity contribution in [3.63, 3.8) is 0 Å². The largest absolute Gasteiger partial charge is 0.347 e. The highest BCUT2D eigenvalue weighted by atomic mass is 32.2. The number of hydrogen-bond acceptors (Lipinski definition) is 6. The molecule has 0 aliphatic heterocycles. The number of thioether (sulfide) groups is 1. The standard InChI is InChI=1S/C27H22FN5OS2/c28-21-13-11-20(12-14-21)16-29-26(34)23-17-35-25(30-23)18-36-27-32-31-24(15-19-7-3-1-4-8-19)33(27)22-9-5-2-6-10-22/h1-14,17H,15-16,18H2,(H,29,34). The molecule has 1 amide bonds. The second kappa shape index (κ2) is 11.3. The molecule has 1 N–H and O–H groups in total. The van der Waals surface area contributed by atoms with Gasteiger partial charge in [-0.2, -0.15) is 0 Å². The highest BCUT2D eigenvalue weighted by Gasteiger charge is 2.17. The van der Waals surface area contributed by atoms with Gasteiger partial charge >= 0.3 is 0 Å². The number of para-hydroxylation sites is 1. The Kier molecular flexibility index (Phi) is 7.49. The zero-order valence-corrected chi connectivity index (χ0v) is 20.8. The summed E-state index contributed by atoms with van der Waals surface area (Å²) in [5, 5.41) is 15.1. The van der Waals surface area contributed by atoms with Crippen LogP contribution in [-0.2, 0) is 18.7 Å². The number of benzene rings is 3. The summed E-state index contributed by atoms with van der Waals surface area (Å²) in [5.41, 5.74) is 3.35. The summed E-state index contributed by atoms with van der Waals surface area (Å²) in [7, 11) is 0. The second-order valence-electron chi connectivity index (χ2n) is 7.96. The molecule has 180 valence electrons. The molecule has 5 rings (SSSR count). The van der Waals surface area contributed by atoms with E-state index < -0.39 is 0 Å². The first-order valence-corrected chi connectivity index (χ1v) is 13.2. The molecular weight excluding hydrogens is 493 g/mol. The molecule has 9 heteroatoms. The van der Waals surface area contributed by atoms with Crippen LogP contribution in [-0.4, -0.2) is 25.7 Å². The highest BCUT2D eigenvalue weighted by Crippen LogP contribution is 2.27. The molecule has 0 aliphatic rings. The summed E-state index contributed by atoms with van der Waals surface area (Å²) >= 11 is 2.97. The van der Waals surface area contributed by atoms with E-state index in [0.717, 1.165) is 32.8 Å². The van der Waals surface area contributed by atoms with Gasteiger partial charge in [-0.05, 0) is 35.4 Å². The Morgan fingerprint density at radius 2 is 1.64 bits per heavy atom. The van der Waals surface area contributed by atoms with Crippen LogP contribution < -0.4 is 5.32 Å². The van der Waals surface area contributed by atoms with Gasteiger partial charge in [0.05, 0.1) is 5.75 Å². The number of rotatable bonds is 9. The third kappa shape index (κ3) is 5.87. The van der Waals surface area contributed by atoms with Crippen molar-refractivity contribution in [2.45, 2.75) is 23.9 Å². The number of thiazole rings is 1. The predicted octanol–water partition coefficient (Wildman–Crippen LogP) is 5.68. The number of halogens is 1. The van der Waals surface area contributed by atoms with Crippen LogP contribution in [0.3, 0.4) is 0 Å². The first kappa shape index (κ1) is 23.9. The average Bonchev–Trinajstić information content (AvgIpc) is 3.55. The average molecular weight is 516 g/mol. The molecule has 0 radical (unpaired) electrons. The van der Waals surface area contributed by atoms with Crippen LogP contribution in [0.2, 0.25) is 0 Å². The van der Waals surface area contributed by atoms with Crippen LogP contribution >= 0.6 is 23.1 Å². The fourth-order valence-electron chi connectivity index (χ4n) is 3.61. The van der Waals surface area contributed by atoms with Crippen molar-refractivity contribution in [1.82, 2.24) is 25.1 Å². The van der Waals surface area contributed by atoms with Crippen LogP contribution in [0, 0.1) is 5.82 Å². The third-order valence-electron chi connectivity index (χ3n) is 5.40. The lowest BCUT2D eigenvalue weighted by Crippen LogP contribution is -2.23. The Morgan fingerprint density at radius 1 is 0.917 bits per heavy atom. The smallest absolute Gasteiger partial charge is 0.271 e. The molecule has 0 saturated carbocycles. The first-order valence-electron chi connectivity index (χ1n) is 11.3. The molecule has 0 spiro atoms. The summed E-state index contributed by atoms with van der Waals surface area (Å²) in [6.45, 7) is 0.311. The molecule has 6 nitrogen and oxygen atoms in total. The maximum Gasteiger partial charge on any atom is 0.271 e. The van der Waals surface area contributed by atoms with Gasteiger partial charge in [0, 0.05) is 24.0 Å². The minimum atomic E-state index is -0.304. The molecule has 2 heterocycles. The predicted molar refractivity (Wildman–Crippen MR) is 140 cm³/mol. The first-order chi connectivity index (χ1) is 17.7. The number of hydrogen-bond donors (Lipinski definition) is 1. The van der Waals surface area contributed by atoms with E-state index in [1.165, 1.54) is 35.2 Å². The number of nitrogens with one attached hydrogen (secondary N) is 1. The van der Waals surface area contributed by atoms with Crippen LogP contribution in [0.5, 0.6) is 0 Å². The van der Waals surface area contributed by atoms with E-state index in [-0.39, 0.29) is 11.7 Å². The highest BCUT2D eigenvalue weighted by molar-refractivity contribution is 7.98. The lowest BCUT2D eigenvalue weighted by Gasteiger charge is -2.10. The lowest BCUT2D eigenvalue weighted by molar-refractivity contribution is 0.0946. The van der Waals surface area contributed by atoms with Gasteiger partial charge in [0.1, 0.15) is 22.3 Å². The number of carbonyl (C=O) groups excluding carboxylic acids is 1. The van der Waals surface area contributed by atoms with Crippen LogP contribution in [0.25, 0.3) is 5.69 Å². The van der Waals surface area contributed by atoms with Crippen LogP contribution in [0.15, 0.2) is 95.5 Å². The quantitative estimate of drug-likeness (QED) is 0.256. The van der Waals surface area contributed by atoms with Crippen molar-refractivity contribution in [1.29, 1.82) is 0 Å². The minimum absolute atomic E-state index is 0.260. The van der Waals surface area contributed by atoms with Gasteiger partial charge < -0.3 is 5.32 Å². The van der Waals surface area contributed by atoms with Gasteiger partial charge in [0.15, 0.2) is 5.16 Å². The molecule has 0 unspecified atom stereocenters. The summed E-state index contributed by atoms with van der Waals surface area (Å²) in [5.74, 6) is 0.855. The van der Waals surface area contributed by atoms with E-state index in [2.05, 4.69) is 37.2 Å². The van der Waals surface area contributed by atoms with Crippen molar-refractivity contribution >= 4 is 29.0 Å². The molecule has 0 atom stereocenters. The molecule has 0 bridgehead atoms. The van der Waals surface area contributed by atoms with Crippen LogP contribution in [0.4, 0.5) is 4.39 Å². The number of amides is 1. The normalized spacial score (nSPS) is 10.9. The van der Waals surface area contributed by atoms with Crippen molar-refractivity contribution in [2.75, 3.05) is 0 Å². The maximum atomic E-state index is 13.1. The summed E-state index contributed by atoms with van der Waals surface area (Å²) in [4.78, 5) is 17.0. The number of aromatic nitrogens is 4. The Morgan fingerprint density at radius 3 is 2.39 bits per heavy atom. The fraction of sp³-hybridized carbons (Fsp3) is 0.111. The molecule has 2 aromatic heterocycles. The van der Waals surface area contributed by atoms with E-state index in [1.807, 2.05) is 48.5 Å². The van der Waals surface area contributed by atoms with Crippen molar-refractivity contribution in [3.8, 4) is 5.69 Å². The summed E-state index contributed by atoms with van der Waals surface area (Å²) in [6.07, 6.45) is 0.666. The van der Waals surface area contributed by atoms with Gasteiger partial charge in [-0.3, -0.25) is 9.36 Å². The molecule has 0 saturated heterocycles. The molecule has 36 heavy (non-hydrogen) atoms. The van der Waals surface area contributed by atoms with E-state index in [4.69, 9.17) is 0 Å². The van der Waals surface area contributed by atoms with Crippen molar-refractivity contribution < 1.29 is 9.18 Å². The maximum absolute atomic E-state index is 13.1. The minimum Gasteiger partial charge on any atom is -0.347 e. The SMILES string of the molecule is O=C(NCc1ccc(F)cc1)c1csc(CSc2nnc(Cc3ccccc3)n2-c2ccccc2)n1. The van der Waals surface area contributed by atoms with Gasteiger partial charge in [-0.25, -0.2) is 9.37 Å². The Hall–Kier alpha value is -3.82. The molecule has 5 aromatic rings. The lowest BCUT2D eigenvalue weighted by atomic mass is 10.1. The van der Waals surface area contributed by atoms with E-state index in [9.17, 15) is 9.18 Å². The fourth-order valence-corrected chi connectivity index (χ4v) is 5.37. The van der Waals surface area contributed by atoms with Gasteiger partial charge in [0.2, 0.25) is 0 Å². The van der Waals surface area contributed by atoms with Crippen molar-refractivity contribution in [3.05, 3.63) is 124 Å². The second-order valence-corrected chi connectivity index (χ2v) is 9.84. The molecule has 0 aliphatic carbocycles. The number of nitrogens with zero attached hydrogens (tertiary/aromatic N) is 4. The van der Waals surface area contributed by atoms with Crippen LogP contribution in [0.1, 0.15) is 32.4 Å². The zero-order valence-electron chi connectivity index (χ0n) is 19.2. The molecule has 0 fully saturated rings. The van der Waals surface area contributed by atoms with E-state index >= 15 is 0 Å². The number of carbonyl (C=O) groups is 1. The van der Waals surface area contributed by atoms with Gasteiger partial charge in [-0.1, -0.05) is 72.4 Å². The summed E-state index contributed by atoms with van der Waals surface area (Å²) in [6, 6.07) is 26.3. The third-order valence-corrected chi connectivity index (χ3v) is 7.37. The van der Waals surface area contributed by atoms with Gasteiger partial charge in [-0.15, -0.1) is 21.5 Å². The zero-order chi connectivity index (χ0) is 24.7. The Labute approximate surface area is 216 Å². The monoisotopic (exact) mass is 515 g/mol. The Bertz CT molecular complexity index is 1440. The summed E-state index contributed by atoms with van der Waals surface area (Å²) < 4.78 is 15.1. The van der Waals surface area contributed by atoms with Crippen molar-refractivity contribution in [2.24, 2.45) is 0 Å². The molecular formula is C27H22FN5OS2. The molecule has 3 aromatic carbocycles.